The van der Waals surface area contributed by atoms with Crippen molar-refractivity contribution in [1.29, 1.82) is 0 Å². The summed E-state index contributed by atoms with van der Waals surface area (Å²) in [5, 5.41) is 2.90. The zero-order valence-corrected chi connectivity index (χ0v) is 6.62. The van der Waals surface area contributed by atoms with Crippen molar-refractivity contribution in [3.8, 4) is 0 Å². The Balaban J connectivity index is 3.13. The third kappa shape index (κ3) is 5.65. The SMILES string of the molecule is NCCC(=S)NCCC=O. The lowest BCUT2D eigenvalue weighted by molar-refractivity contribution is -0.107. The number of carbonyl (C=O) groups excluding carboxylic acids is 1. The number of nitrogens with one attached hydrogen (secondary N) is 1. The highest BCUT2D eigenvalue weighted by atomic mass is 32.1. The maximum absolute atomic E-state index is 9.84. The van der Waals surface area contributed by atoms with Gasteiger partial charge in [-0.3, -0.25) is 0 Å². The van der Waals surface area contributed by atoms with Gasteiger partial charge in [0.15, 0.2) is 0 Å². The first-order chi connectivity index (χ1) is 4.81. The summed E-state index contributed by atoms with van der Waals surface area (Å²) >= 11 is 4.86. The summed E-state index contributed by atoms with van der Waals surface area (Å²) in [4.78, 5) is 10.6. The summed E-state index contributed by atoms with van der Waals surface area (Å²) in [7, 11) is 0. The third-order valence-electron chi connectivity index (χ3n) is 0.956. The first kappa shape index (κ1) is 9.52. The molecule has 0 spiro atoms. The van der Waals surface area contributed by atoms with E-state index in [4.69, 9.17) is 18.0 Å². The van der Waals surface area contributed by atoms with Gasteiger partial charge in [-0.15, -0.1) is 0 Å². The van der Waals surface area contributed by atoms with E-state index in [0.29, 0.717) is 25.9 Å². The van der Waals surface area contributed by atoms with Gasteiger partial charge in [0.2, 0.25) is 0 Å². The smallest absolute Gasteiger partial charge is 0.121 e. The van der Waals surface area contributed by atoms with E-state index in [9.17, 15) is 4.79 Å². The molecule has 0 heterocycles. The van der Waals surface area contributed by atoms with Crippen LogP contribution < -0.4 is 11.1 Å². The number of carbonyl (C=O) groups is 1. The molecule has 0 unspecified atom stereocenters. The fraction of sp³-hybridized carbons (Fsp3) is 0.667. The zero-order valence-electron chi connectivity index (χ0n) is 5.80. The molecular formula is C6H12N2OS. The molecule has 3 nitrogen and oxygen atoms in total. The van der Waals surface area contributed by atoms with Crippen LogP contribution in [0.4, 0.5) is 0 Å². The molecule has 0 atom stereocenters. The lowest BCUT2D eigenvalue weighted by Gasteiger charge is -2.02. The van der Waals surface area contributed by atoms with Crippen LogP contribution >= 0.6 is 12.2 Å². The summed E-state index contributed by atoms with van der Waals surface area (Å²) in [6.45, 7) is 1.19. The van der Waals surface area contributed by atoms with Gasteiger partial charge in [0.05, 0.1) is 4.99 Å². The average molecular weight is 160 g/mol. The highest BCUT2D eigenvalue weighted by Gasteiger charge is 1.91. The number of hydrogen-bond acceptors (Lipinski definition) is 3. The third-order valence-corrected chi connectivity index (χ3v) is 1.30. The number of aldehydes is 1. The minimum atomic E-state index is 0.505. The molecule has 0 fully saturated rings. The van der Waals surface area contributed by atoms with Crippen LogP contribution in [0.5, 0.6) is 0 Å². The standard InChI is InChI=1S/C6H12N2OS/c7-3-2-6(10)8-4-1-5-9/h5H,1-4,7H2,(H,8,10). The van der Waals surface area contributed by atoms with Gasteiger partial charge in [-0.05, 0) is 6.54 Å². The molecule has 0 aromatic rings. The minimum absolute atomic E-state index is 0.505. The second-order valence-corrected chi connectivity index (χ2v) is 2.34. The molecule has 58 valence electrons. The van der Waals surface area contributed by atoms with Crippen molar-refractivity contribution in [1.82, 2.24) is 5.32 Å². The monoisotopic (exact) mass is 160 g/mol. The number of thiocarbonyl (C=S) groups is 1. The largest absolute Gasteiger partial charge is 0.379 e. The van der Waals surface area contributed by atoms with Gasteiger partial charge in [0, 0.05) is 19.4 Å². The number of nitrogens with two attached hydrogens (primary N) is 1. The normalized spacial score (nSPS) is 8.90. The topological polar surface area (TPSA) is 55.1 Å². The predicted octanol–water partition coefficient (Wildman–Crippen LogP) is -0.159. The molecule has 4 heteroatoms. The summed E-state index contributed by atoms with van der Waals surface area (Å²) in [5.41, 5.74) is 5.24. The van der Waals surface area contributed by atoms with E-state index >= 15 is 0 Å². The van der Waals surface area contributed by atoms with Crippen molar-refractivity contribution >= 4 is 23.5 Å². The molecule has 0 aliphatic heterocycles. The highest BCUT2D eigenvalue weighted by Crippen LogP contribution is 1.79. The maximum Gasteiger partial charge on any atom is 0.121 e. The lowest BCUT2D eigenvalue weighted by Crippen LogP contribution is -2.24. The molecule has 0 aromatic heterocycles. The highest BCUT2D eigenvalue weighted by molar-refractivity contribution is 7.80. The van der Waals surface area contributed by atoms with Crippen LogP contribution in [-0.4, -0.2) is 24.4 Å². The molecule has 10 heavy (non-hydrogen) atoms. The Hall–Kier alpha value is -0.480. The van der Waals surface area contributed by atoms with E-state index in [0.717, 1.165) is 11.3 Å². The Bertz CT molecular complexity index is 116. The van der Waals surface area contributed by atoms with Gasteiger partial charge in [0.25, 0.3) is 0 Å². The van der Waals surface area contributed by atoms with E-state index in [2.05, 4.69) is 5.32 Å². The van der Waals surface area contributed by atoms with Crippen molar-refractivity contribution in [2.75, 3.05) is 13.1 Å². The lowest BCUT2D eigenvalue weighted by atomic mass is 10.4. The summed E-state index contributed by atoms with van der Waals surface area (Å²) in [6, 6.07) is 0. The molecule has 0 bridgehead atoms. The molecule has 0 aromatic carbocycles. The second-order valence-electron chi connectivity index (χ2n) is 1.84. The molecular weight excluding hydrogens is 148 g/mol. The van der Waals surface area contributed by atoms with E-state index in [1.54, 1.807) is 0 Å². The summed E-state index contributed by atoms with van der Waals surface area (Å²) < 4.78 is 0. The van der Waals surface area contributed by atoms with Gasteiger partial charge in [-0.2, -0.15) is 0 Å². The molecule has 0 aliphatic rings. The van der Waals surface area contributed by atoms with Gasteiger partial charge >= 0.3 is 0 Å². The average Bonchev–Trinajstić information content (AvgIpc) is 1.89. The quantitative estimate of drug-likeness (QED) is 0.333. The Morgan fingerprint density at radius 2 is 2.40 bits per heavy atom. The maximum atomic E-state index is 9.84. The molecule has 3 N–H and O–H groups in total. The summed E-state index contributed by atoms with van der Waals surface area (Å²) in [5.74, 6) is 0. The van der Waals surface area contributed by atoms with Crippen LogP contribution in [0.3, 0.4) is 0 Å². The Labute approximate surface area is 66.0 Å². The second kappa shape index (κ2) is 6.64. The first-order valence-corrected chi connectivity index (χ1v) is 3.62. The Morgan fingerprint density at radius 1 is 1.70 bits per heavy atom. The van der Waals surface area contributed by atoms with Crippen molar-refractivity contribution in [3.05, 3.63) is 0 Å². The molecule has 0 aliphatic carbocycles. The van der Waals surface area contributed by atoms with E-state index in [1.807, 2.05) is 0 Å². The van der Waals surface area contributed by atoms with Gasteiger partial charge in [-0.1, -0.05) is 12.2 Å². The fourth-order valence-corrected chi connectivity index (χ4v) is 0.710. The van der Waals surface area contributed by atoms with Gasteiger partial charge < -0.3 is 15.8 Å². The predicted molar refractivity (Wildman–Crippen MR) is 45.0 cm³/mol. The fourth-order valence-electron chi connectivity index (χ4n) is 0.490. The van der Waals surface area contributed by atoms with Crippen molar-refractivity contribution in [2.45, 2.75) is 12.8 Å². The van der Waals surface area contributed by atoms with Crippen molar-refractivity contribution in [3.63, 3.8) is 0 Å². The van der Waals surface area contributed by atoms with E-state index in [1.165, 1.54) is 0 Å². The minimum Gasteiger partial charge on any atom is -0.379 e. The van der Waals surface area contributed by atoms with Crippen LogP contribution in [-0.2, 0) is 4.79 Å². The molecule has 0 saturated heterocycles. The molecule has 0 rings (SSSR count). The Kier molecular flexibility index (Phi) is 6.32. The summed E-state index contributed by atoms with van der Waals surface area (Å²) in [6.07, 6.45) is 2.07. The van der Waals surface area contributed by atoms with E-state index < -0.39 is 0 Å². The van der Waals surface area contributed by atoms with E-state index in [-0.39, 0.29) is 0 Å². The van der Waals surface area contributed by atoms with Gasteiger partial charge in [-0.25, -0.2) is 0 Å². The van der Waals surface area contributed by atoms with Crippen LogP contribution in [0.1, 0.15) is 12.8 Å². The van der Waals surface area contributed by atoms with Gasteiger partial charge in [0.1, 0.15) is 6.29 Å². The first-order valence-electron chi connectivity index (χ1n) is 3.21. The van der Waals surface area contributed by atoms with Crippen molar-refractivity contribution < 1.29 is 4.79 Å². The van der Waals surface area contributed by atoms with Crippen LogP contribution in [0, 0.1) is 0 Å². The van der Waals surface area contributed by atoms with Crippen LogP contribution in [0.25, 0.3) is 0 Å². The van der Waals surface area contributed by atoms with Crippen LogP contribution in [0.15, 0.2) is 0 Å². The van der Waals surface area contributed by atoms with Crippen molar-refractivity contribution in [2.24, 2.45) is 5.73 Å². The number of rotatable bonds is 5. The zero-order chi connectivity index (χ0) is 7.82. The Morgan fingerprint density at radius 3 is 2.90 bits per heavy atom. The molecule has 0 amide bonds. The molecule has 0 saturated carbocycles. The van der Waals surface area contributed by atoms with Crippen LogP contribution in [0.2, 0.25) is 0 Å². The number of hydrogen-bond donors (Lipinski definition) is 2. The molecule has 0 radical (unpaired) electrons.